The van der Waals surface area contributed by atoms with Gasteiger partial charge in [-0.15, -0.1) is 0 Å². The summed E-state index contributed by atoms with van der Waals surface area (Å²) in [4.78, 5) is 12.5. The summed E-state index contributed by atoms with van der Waals surface area (Å²) in [7, 11) is 1.65. The van der Waals surface area contributed by atoms with E-state index in [1.54, 1.807) is 7.11 Å². The molecule has 2 nitrogen and oxygen atoms in total. The Morgan fingerprint density at radius 1 is 0.950 bits per heavy atom. The molecular weight excluding hydrogens is 248 g/mol. The maximum atomic E-state index is 12.5. The molecule has 2 rings (SSSR count). The number of methoxy groups -OCH3 is 1. The van der Waals surface area contributed by atoms with Crippen molar-refractivity contribution in [2.24, 2.45) is 5.92 Å². The minimum absolute atomic E-state index is 0.0502. The molecule has 0 aromatic heterocycles. The summed E-state index contributed by atoms with van der Waals surface area (Å²) in [6.45, 7) is 4.08. The van der Waals surface area contributed by atoms with Crippen molar-refractivity contribution in [3.8, 4) is 5.75 Å². The predicted molar refractivity (Wildman–Crippen MR) is 81.3 cm³/mol. The molecule has 20 heavy (non-hydrogen) atoms. The van der Waals surface area contributed by atoms with E-state index in [9.17, 15) is 4.79 Å². The zero-order chi connectivity index (χ0) is 14.5. The molecule has 0 heterocycles. The zero-order valence-corrected chi connectivity index (χ0v) is 12.2. The van der Waals surface area contributed by atoms with Crippen molar-refractivity contribution in [2.75, 3.05) is 7.11 Å². The number of hydrogen-bond acceptors (Lipinski definition) is 2. The van der Waals surface area contributed by atoms with Gasteiger partial charge in [0.05, 0.1) is 7.11 Å². The molecule has 0 fully saturated rings. The molecule has 2 aromatic carbocycles. The fourth-order valence-electron chi connectivity index (χ4n) is 2.29. The van der Waals surface area contributed by atoms with Crippen LogP contribution >= 0.6 is 0 Å². The molecule has 0 spiro atoms. The van der Waals surface area contributed by atoms with Crippen molar-refractivity contribution in [1.82, 2.24) is 0 Å². The monoisotopic (exact) mass is 268 g/mol. The molecule has 2 heteroatoms. The van der Waals surface area contributed by atoms with Gasteiger partial charge < -0.3 is 4.74 Å². The summed E-state index contributed by atoms with van der Waals surface area (Å²) in [5.41, 5.74) is 1.93. The number of ketones is 1. The summed E-state index contributed by atoms with van der Waals surface area (Å²) in [6.07, 6.45) is 0. The van der Waals surface area contributed by atoms with Gasteiger partial charge in [0.2, 0.25) is 0 Å². The fourth-order valence-corrected chi connectivity index (χ4v) is 2.29. The van der Waals surface area contributed by atoms with Crippen molar-refractivity contribution < 1.29 is 9.53 Å². The quantitative estimate of drug-likeness (QED) is 0.755. The van der Waals surface area contributed by atoms with Crippen LogP contribution in [0.3, 0.4) is 0 Å². The van der Waals surface area contributed by atoms with Crippen LogP contribution in [0.15, 0.2) is 54.6 Å². The zero-order valence-electron chi connectivity index (χ0n) is 12.2. The lowest BCUT2D eigenvalue weighted by molar-refractivity contribution is 0.0915. The molecule has 0 aliphatic heterocycles. The van der Waals surface area contributed by atoms with Crippen LogP contribution in [0.25, 0.3) is 0 Å². The molecule has 0 aliphatic carbocycles. The molecule has 2 atom stereocenters. The Hall–Kier alpha value is -2.09. The van der Waals surface area contributed by atoms with Crippen LogP contribution in [0.4, 0.5) is 0 Å². The van der Waals surface area contributed by atoms with Crippen LogP contribution in [-0.4, -0.2) is 12.9 Å². The molecule has 2 unspecified atom stereocenters. The van der Waals surface area contributed by atoms with Gasteiger partial charge in [0.1, 0.15) is 5.75 Å². The largest absolute Gasteiger partial charge is 0.497 e. The van der Waals surface area contributed by atoms with Crippen LogP contribution in [0, 0.1) is 5.92 Å². The van der Waals surface area contributed by atoms with Crippen molar-refractivity contribution >= 4 is 5.78 Å². The first-order valence-electron chi connectivity index (χ1n) is 6.86. The smallest absolute Gasteiger partial charge is 0.166 e. The van der Waals surface area contributed by atoms with Crippen molar-refractivity contribution in [1.29, 1.82) is 0 Å². The van der Waals surface area contributed by atoms with E-state index in [0.717, 1.165) is 16.9 Å². The summed E-state index contributed by atoms with van der Waals surface area (Å²) in [5.74, 6) is 1.15. The minimum Gasteiger partial charge on any atom is -0.497 e. The third-order valence-corrected chi connectivity index (χ3v) is 3.86. The van der Waals surface area contributed by atoms with E-state index in [4.69, 9.17) is 4.74 Å². The average Bonchev–Trinajstić information content (AvgIpc) is 2.53. The second-order valence-corrected chi connectivity index (χ2v) is 5.08. The summed E-state index contributed by atoms with van der Waals surface area (Å²) in [5, 5.41) is 0. The third kappa shape index (κ3) is 3.08. The first-order chi connectivity index (χ1) is 9.63. The molecule has 2 aromatic rings. The Morgan fingerprint density at radius 2 is 1.55 bits per heavy atom. The summed E-state index contributed by atoms with van der Waals surface area (Å²) in [6, 6.07) is 17.4. The summed E-state index contributed by atoms with van der Waals surface area (Å²) >= 11 is 0. The molecule has 104 valence electrons. The minimum atomic E-state index is -0.0502. The predicted octanol–water partition coefficient (Wildman–Crippen LogP) is 4.32. The topological polar surface area (TPSA) is 26.3 Å². The van der Waals surface area contributed by atoms with Crippen molar-refractivity contribution in [2.45, 2.75) is 19.8 Å². The second-order valence-electron chi connectivity index (χ2n) is 5.08. The first kappa shape index (κ1) is 14.3. The number of ether oxygens (including phenoxy) is 1. The van der Waals surface area contributed by atoms with E-state index in [1.807, 2.05) is 61.5 Å². The maximum absolute atomic E-state index is 12.5. The number of carbonyl (C=O) groups excluding carboxylic acids is 1. The third-order valence-electron chi connectivity index (χ3n) is 3.86. The Labute approximate surface area is 120 Å². The number of hydrogen-bond donors (Lipinski definition) is 0. The number of rotatable bonds is 5. The van der Waals surface area contributed by atoms with Gasteiger partial charge in [-0.25, -0.2) is 0 Å². The van der Waals surface area contributed by atoms with Gasteiger partial charge in [-0.3, -0.25) is 4.79 Å². The van der Waals surface area contributed by atoms with Gasteiger partial charge in [0.15, 0.2) is 5.78 Å². The Morgan fingerprint density at radius 3 is 2.10 bits per heavy atom. The SMILES string of the molecule is COc1ccc(C(C)C(C)C(=O)c2ccccc2)cc1. The maximum Gasteiger partial charge on any atom is 0.166 e. The highest BCUT2D eigenvalue weighted by molar-refractivity contribution is 5.98. The lowest BCUT2D eigenvalue weighted by Gasteiger charge is -2.19. The van der Waals surface area contributed by atoms with Gasteiger partial charge in [-0.1, -0.05) is 56.3 Å². The van der Waals surface area contributed by atoms with Crippen molar-refractivity contribution in [3.05, 3.63) is 65.7 Å². The van der Waals surface area contributed by atoms with E-state index in [1.165, 1.54) is 0 Å². The molecule has 0 saturated heterocycles. The lowest BCUT2D eigenvalue weighted by atomic mass is 9.84. The molecule has 0 N–H and O–H groups in total. The van der Waals surface area contributed by atoms with Gasteiger partial charge in [-0.05, 0) is 23.6 Å². The number of Topliss-reactive ketones (excluding diaryl/α,β-unsaturated/α-hetero) is 1. The average molecular weight is 268 g/mol. The standard InChI is InChI=1S/C18H20O2/c1-13(15-9-11-17(20-3)12-10-15)14(2)18(19)16-7-5-4-6-8-16/h4-14H,1-3H3. The Balaban J connectivity index is 2.15. The first-order valence-corrected chi connectivity index (χ1v) is 6.86. The van der Waals surface area contributed by atoms with Crippen LogP contribution in [0.5, 0.6) is 5.75 Å². The van der Waals surface area contributed by atoms with Gasteiger partial charge in [0.25, 0.3) is 0 Å². The summed E-state index contributed by atoms with van der Waals surface area (Å²) < 4.78 is 5.16. The molecule has 0 radical (unpaired) electrons. The highest BCUT2D eigenvalue weighted by Crippen LogP contribution is 2.28. The van der Waals surface area contributed by atoms with E-state index in [0.29, 0.717) is 0 Å². The molecule has 0 amide bonds. The molecule has 0 aliphatic rings. The molecule has 0 bridgehead atoms. The molecular formula is C18H20O2. The highest BCUT2D eigenvalue weighted by Gasteiger charge is 2.22. The Bertz CT molecular complexity index is 558. The van der Waals surface area contributed by atoms with Gasteiger partial charge in [0, 0.05) is 11.5 Å². The highest BCUT2D eigenvalue weighted by atomic mass is 16.5. The number of carbonyl (C=O) groups is 1. The second kappa shape index (κ2) is 6.38. The van der Waals surface area contributed by atoms with Gasteiger partial charge >= 0.3 is 0 Å². The van der Waals surface area contributed by atoms with E-state index in [2.05, 4.69) is 6.92 Å². The number of benzene rings is 2. The van der Waals surface area contributed by atoms with Crippen LogP contribution in [0.1, 0.15) is 35.7 Å². The van der Waals surface area contributed by atoms with Crippen molar-refractivity contribution in [3.63, 3.8) is 0 Å². The van der Waals surface area contributed by atoms with E-state index in [-0.39, 0.29) is 17.6 Å². The van der Waals surface area contributed by atoms with E-state index >= 15 is 0 Å². The van der Waals surface area contributed by atoms with Crippen LogP contribution in [0.2, 0.25) is 0 Å². The molecule has 0 saturated carbocycles. The fraction of sp³-hybridized carbons (Fsp3) is 0.278. The normalized spacial score (nSPS) is 13.6. The van der Waals surface area contributed by atoms with Crippen LogP contribution < -0.4 is 4.74 Å². The van der Waals surface area contributed by atoms with Crippen LogP contribution in [-0.2, 0) is 0 Å². The Kier molecular flexibility index (Phi) is 4.57. The lowest BCUT2D eigenvalue weighted by Crippen LogP contribution is -2.17. The van der Waals surface area contributed by atoms with Gasteiger partial charge in [-0.2, -0.15) is 0 Å². The van der Waals surface area contributed by atoms with E-state index < -0.39 is 0 Å².